The summed E-state index contributed by atoms with van der Waals surface area (Å²) in [7, 11) is 0. The molecule has 0 atom stereocenters. The molecule has 3 nitrogen and oxygen atoms in total. The van der Waals surface area contributed by atoms with Crippen molar-refractivity contribution >= 4 is 33.2 Å². The van der Waals surface area contributed by atoms with E-state index in [1.54, 1.807) is 11.4 Å². The summed E-state index contributed by atoms with van der Waals surface area (Å²) in [4.78, 5) is 12.5. The maximum Gasteiger partial charge on any atom is 0.254 e. The van der Waals surface area contributed by atoms with E-state index in [1.165, 1.54) is 11.3 Å². The third kappa shape index (κ3) is 2.80. The van der Waals surface area contributed by atoms with Crippen LogP contribution in [-0.2, 0) is 6.54 Å². The van der Waals surface area contributed by atoms with Crippen LogP contribution in [0.5, 0.6) is 5.75 Å². The Morgan fingerprint density at radius 2 is 2.05 bits per heavy atom. The lowest BCUT2D eigenvalue weighted by Gasteiger charge is -2.07. The highest BCUT2D eigenvalue weighted by molar-refractivity contribution is 9.10. The van der Waals surface area contributed by atoms with Crippen molar-refractivity contribution in [2.24, 2.45) is 0 Å². The van der Waals surface area contributed by atoms with E-state index in [9.17, 15) is 18.0 Å². The summed E-state index contributed by atoms with van der Waals surface area (Å²) in [5.41, 5.74) is -0.755. The van der Waals surface area contributed by atoms with Gasteiger partial charge in [0.2, 0.25) is 5.82 Å². The number of thiophene rings is 1. The van der Waals surface area contributed by atoms with Gasteiger partial charge in [-0.3, -0.25) is 4.79 Å². The molecule has 0 spiro atoms. The number of hydrogen-bond acceptors (Lipinski definition) is 3. The van der Waals surface area contributed by atoms with E-state index in [-0.39, 0.29) is 6.54 Å². The number of rotatable bonds is 3. The zero-order valence-corrected chi connectivity index (χ0v) is 12.1. The van der Waals surface area contributed by atoms with Gasteiger partial charge in [0, 0.05) is 9.35 Å². The summed E-state index contributed by atoms with van der Waals surface area (Å²) in [6.45, 7) is 0.0935. The molecule has 0 aliphatic rings. The normalized spacial score (nSPS) is 10.6. The molecule has 0 bridgehead atoms. The fourth-order valence-corrected chi connectivity index (χ4v) is 2.89. The van der Waals surface area contributed by atoms with Crippen LogP contribution >= 0.6 is 27.3 Å². The Morgan fingerprint density at radius 3 is 2.65 bits per heavy atom. The van der Waals surface area contributed by atoms with Gasteiger partial charge in [-0.25, -0.2) is 8.78 Å². The Hall–Kier alpha value is -1.54. The molecule has 0 aliphatic carbocycles. The highest BCUT2D eigenvalue weighted by Gasteiger charge is 2.22. The molecule has 20 heavy (non-hydrogen) atoms. The van der Waals surface area contributed by atoms with Crippen molar-refractivity contribution in [2.75, 3.05) is 0 Å². The van der Waals surface area contributed by atoms with Gasteiger partial charge < -0.3 is 10.4 Å². The molecule has 0 unspecified atom stereocenters. The number of halogens is 4. The molecule has 1 heterocycles. The maximum absolute atomic E-state index is 13.5. The number of benzene rings is 1. The van der Waals surface area contributed by atoms with Gasteiger partial charge in [-0.15, -0.1) is 11.3 Å². The van der Waals surface area contributed by atoms with E-state index in [0.717, 1.165) is 9.35 Å². The van der Waals surface area contributed by atoms with Crippen molar-refractivity contribution in [3.05, 3.63) is 49.9 Å². The fraction of sp³-hybridized carbons (Fsp3) is 0.0833. The predicted molar refractivity (Wildman–Crippen MR) is 71.2 cm³/mol. The van der Waals surface area contributed by atoms with Gasteiger partial charge in [-0.1, -0.05) is 0 Å². The molecule has 1 aromatic carbocycles. The first kappa shape index (κ1) is 14.9. The van der Waals surface area contributed by atoms with Crippen LogP contribution in [0.1, 0.15) is 15.2 Å². The van der Waals surface area contributed by atoms with Crippen molar-refractivity contribution < 1.29 is 23.1 Å². The molecular formula is C12H7BrF3NO2S. The van der Waals surface area contributed by atoms with Gasteiger partial charge in [0.15, 0.2) is 17.4 Å². The largest absolute Gasteiger partial charge is 0.503 e. The monoisotopic (exact) mass is 365 g/mol. The van der Waals surface area contributed by atoms with Crippen molar-refractivity contribution in [2.45, 2.75) is 6.54 Å². The second-order valence-corrected chi connectivity index (χ2v) is 5.61. The second kappa shape index (κ2) is 5.84. The van der Waals surface area contributed by atoms with Crippen LogP contribution in [0, 0.1) is 17.5 Å². The van der Waals surface area contributed by atoms with Gasteiger partial charge in [0.25, 0.3) is 5.91 Å². The van der Waals surface area contributed by atoms with Gasteiger partial charge >= 0.3 is 0 Å². The number of carbonyl (C=O) groups is 1. The number of phenolic OH excluding ortho intramolecular Hbond substituents is 1. The quantitative estimate of drug-likeness (QED) is 0.817. The zero-order valence-electron chi connectivity index (χ0n) is 9.71. The molecular weight excluding hydrogens is 359 g/mol. The molecule has 106 valence electrons. The molecule has 0 saturated carbocycles. The van der Waals surface area contributed by atoms with E-state index in [4.69, 9.17) is 5.11 Å². The van der Waals surface area contributed by atoms with Crippen LogP contribution in [0.25, 0.3) is 0 Å². The maximum atomic E-state index is 13.5. The average molecular weight is 366 g/mol. The van der Waals surface area contributed by atoms with Crippen LogP contribution in [-0.4, -0.2) is 11.0 Å². The summed E-state index contributed by atoms with van der Waals surface area (Å²) in [5, 5.41) is 13.2. The minimum atomic E-state index is -1.72. The van der Waals surface area contributed by atoms with Gasteiger partial charge in [-0.05, 0) is 33.4 Å². The Kier molecular flexibility index (Phi) is 4.34. The Labute approximate surface area is 124 Å². The van der Waals surface area contributed by atoms with Crippen molar-refractivity contribution in [3.63, 3.8) is 0 Å². The number of carbonyl (C=O) groups excluding carboxylic acids is 1. The number of phenols is 1. The number of amides is 1. The van der Waals surface area contributed by atoms with Crippen LogP contribution in [0.4, 0.5) is 13.2 Å². The van der Waals surface area contributed by atoms with Gasteiger partial charge in [0.05, 0.1) is 12.1 Å². The van der Waals surface area contributed by atoms with Crippen LogP contribution in [0.15, 0.2) is 22.0 Å². The lowest BCUT2D eigenvalue weighted by molar-refractivity contribution is 0.0945. The van der Waals surface area contributed by atoms with Crippen LogP contribution < -0.4 is 5.32 Å². The predicted octanol–water partition coefficient (Wildman–Crippen LogP) is 3.56. The highest BCUT2D eigenvalue weighted by Crippen LogP contribution is 2.26. The first-order valence-corrected chi connectivity index (χ1v) is 6.95. The second-order valence-electron chi connectivity index (χ2n) is 3.76. The molecule has 2 N–H and O–H groups in total. The number of nitrogens with one attached hydrogen (secondary N) is 1. The number of hydrogen-bond donors (Lipinski definition) is 2. The summed E-state index contributed by atoms with van der Waals surface area (Å²) < 4.78 is 40.3. The third-order valence-electron chi connectivity index (χ3n) is 2.48. The van der Waals surface area contributed by atoms with Gasteiger partial charge in [0.1, 0.15) is 0 Å². The molecule has 0 radical (unpaired) electrons. The highest BCUT2D eigenvalue weighted by atomic mass is 79.9. The molecule has 2 aromatic rings. The minimum Gasteiger partial charge on any atom is -0.503 e. The molecule has 1 amide bonds. The Morgan fingerprint density at radius 1 is 1.35 bits per heavy atom. The first-order chi connectivity index (χ1) is 9.41. The van der Waals surface area contributed by atoms with E-state index < -0.39 is 34.7 Å². The molecule has 0 saturated heterocycles. The average Bonchev–Trinajstić information content (AvgIpc) is 2.83. The smallest absolute Gasteiger partial charge is 0.254 e. The minimum absolute atomic E-state index is 0.0935. The molecule has 0 fully saturated rings. The lowest BCUT2D eigenvalue weighted by atomic mass is 10.1. The van der Waals surface area contributed by atoms with E-state index >= 15 is 0 Å². The fourth-order valence-electron chi connectivity index (χ4n) is 1.46. The first-order valence-electron chi connectivity index (χ1n) is 5.28. The van der Waals surface area contributed by atoms with Crippen molar-refractivity contribution in [3.8, 4) is 5.75 Å². The van der Waals surface area contributed by atoms with E-state index in [0.29, 0.717) is 6.07 Å². The number of aromatic hydroxyl groups is 1. The standard InChI is InChI=1S/C12H7BrF3NO2S/c13-6-1-2-20-8(6)4-17-12(19)5-3-7(14)10(16)11(18)9(5)15/h1-3,18H,4H2,(H,17,19). The molecule has 2 rings (SSSR count). The van der Waals surface area contributed by atoms with Gasteiger partial charge in [-0.2, -0.15) is 4.39 Å². The third-order valence-corrected chi connectivity index (χ3v) is 4.40. The van der Waals surface area contributed by atoms with Crippen LogP contribution in [0.3, 0.4) is 0 Å². The summed E-state index contributed by atoms with van der Waals surface area (Å²) in [5.74, 6) is -7.16. The topological polar surface area (TPSA) is 49.3 Å². The Balaban J connectivity index is 2.20. The van der Waals surface area contributed by atoms with Crippen LogP contribution in [0.2, 0.25) is 0 Å². The summed E-state index contributed by atoms with van der Waals surface area (Å²) in [6.07, 6.45) is 0. The molecule has 0 aliphatic heterocycles. The zero-order chi connectivity index (χ0) is 14.9. The van der Waals surface area contributed by atoms with Crippen molar-refractivity contribution in [1.29, 1.82) is 0 Å². The summed E-state index contributed by atoms with van der Waals surface area (Å²) >= 11 is 4.62. The SMILES string of the molecule is O=C(NCc1sccc1Br)c1cc(F)c(F)c(O)c1F. The summed E-state index contributed by atoms with van der Waals surface area (Å²) in [6, 6.07) is 2.18. The lowest BCUT2D eigenvalue weighted by Crippen LogP contribution is -2.24. The molecule has 1 aromatic heterocycles. The van der Waals surface area contributed by atoms with Crippen molar-refractivity contribution in [1.82, 2.24) is 5.32 Å². The van der Waals surface area contributed by atoms with E-state index in [1.807, 2.05) is 0 Å². The van der Waals surface area contributed by atoms with E-state index in [2.05, 4.69) is 21.2 Å². The molecule has 8 heteroatoms. The Bertz CT molecular complexity index is 675.